The van der Waals surface area contributed by atoms with Crippen LogP contribution in [0.4, 0.5) is 0 Å². The van der Waals surface area contributed by atoms with Crippen LogP contribution in [0.3, 0.4) is 0 Å². The number of carbonyl (C=O) groups is 1. The molecule has 0 saturated heterocycles. The molecule has 1 amide bonds. The van der Waals surface area contributed by atoms with Gasteiger partial charge in [0.15, 0.2) is 0 Å². The van der Waals surface area contributed by atoms with E-state index in [2.05, 4.69) is 27.4 Å². The molecule has 136 valence electrons. The number of aryl methyl sites for hydroxylation is 1. The maximum atomic E-state index is 12.8. The number of nitrogens with zero attached hydrogens (tertiary/aromatic N) is 2. The Morgan fingerprint density at radius 1 is 1.04 bits per heavy atom. The highest BCUT2D eigenvalue weighted by molar-refractivity contribution is 6.42. The van der Waals surface area contributed by atoms with E-state index in [-0.39, 0.29) is 11.9 Å². The van der Waals surface area contributed by atoms with Crippen molar-refractivity contribution in [1.29, 1.82) is 0 Å². The van der Waals surface area contributed by atoms with Gasteiger partial charge in [-0.2, -0.15) is 0 Å². The van der Waals surface area contributed by atoms with Crippen molar-refractivity contribution in [3.63, 3.8) is 0 Å². The van der Waals surface area contributed by atoms with Gasteiger partial charge < -0.3 is 5.32 Å². The first kappa shape index (κ1) is 18.0. The number of amides is 1. The standard InChI is InChI=1S/C21H17Cl2N3O/c22-16-9-8-14(10-17(16)23)19-11-20(25-12-24-19)21(27)26-18-7-3-5-13-4-1-2-6-15(13)18/h1-2,4,6,8-12,18H,3,5,7H2,(H,26,27). The Labute approximate surface area is 167 Å². The van der Waals surface area contributed by atoms with Crippen LogP contribution >= 0.6 is 23.2 Å². The van der Waals surface area contributed by atoms with Crippen molar-refractivity contribution < 1.29 is 4.79 Å². The molecule has 1 aliphatic rings. The van der Waals surface area contributed by atoms with Crippen LogP contribution in [0, 0.1) is 0 Å². The van der Waals surface area contributed by atoms with Gasteiger partial charge in [0.1, 0.15) is 12.0 Å². The molecule has 3 aromatic rings. The molecule has 27 heavy (non-hydrogen) atoms. The van der Waals surface area contributed by atoms with Gasteiger partial charge in [0.25, 0.3) is 5.91 Å². The van der Waals surface area contributed by atoms with Crippen LogP contribution in [0.15, 0.2) is 54.9 Å². The Balaban J connectivity index is 1.57. The number of hydrogen-bond acceptors (Lipinski definition) is 3. The van der Waals surface area contributed by atoms with Crippen LogP contribution in [0.25, 0.3) is 11.3 Å². The third kappa shape index (κ3) is 3.82. The zero-order valence-corrected chi connectivity index (χ0v) is 16.0. The van der Waals surface area contributed by atoms with Gasteiger partial charge >= 0.3 is 0 Å². The van der Waals surface area contributed by atoms with Crippen molar-refractivity contribution in [2.24, 2.45) is 0 Å². The van der Waals surface area contributed by atoms with E-state index in [1.165, 1.54) is 17.5 Å². The van der Waals surface area contributed by atoms with Gasteiger partial charge in [-0.15, -0.1) is 0 Å². The molecule has 4 nitrogen and oxygen atoms in total. The summed E-state index contributed by atoms with van der Waals surface area (Å²) in [6, 6.07) is 15.2. The second kappa shape index (κ2) is 7.67. The first-order valence-corrected chi connectivity index (χ1v) is 9.53. The minimum atomic E-state index is -0.208. The molecule has 1 atom stereocenters. The van der Waals surface area contributed by atoms with Crippen molar-refractivity contribution in [2.45, 2.75) is 25.3 Å². The van der Waals surface area contributed by atoms with E-state index >= 15 is 0 Å². The summed E-state index contributed by atoms with van der Waals surface area (Å²) >= 11 is 12.1. The van der Waals surface area contributed by atoms with Crippen molar-refractivity contribution in [2.75, 3.05) is 0 Å². The van der Waals surface area contributed by atoms with Gasteiger partial charge in [0, 0.05) is 5.56 Å². The third-order valence-electron chi connectivity index (χ3n) is 4.79. The van der Waals surface area contributed by atoms with Crippen molar-refractivity contribution >= 4 is 29.1 Å². The molecule has 0 bridgehead atoms. The number of carbonyl (C=O) groups excluding carboxylic acids is 1. The van der Waals surface area contributed by atoms with Gasteiger partial charge in [-0.1, -0.05) is 53.5 Å². The fourth-order valence-corrected chi connectivity index (χ4v) is 3.73. The SMILES string of the molecule is O=C(NC1CCCc2ccccc21)c1cc(-c2ccc(Cl)c(Cl)c2)ncn1. The predicted molar refractivity (Wildman–Crippen MR) is 107 cm³/mol. The number of aromatic nitrogens is 2. The lowest BCUT2D eigenvalue weighted by molar-refractivity contribution is 0.0927. The zero-order chi connectivity index (χ0) is 18.8. The molecule has 0 fully saturated rings. The summed E-state index contributed by atoms with van der Waals surface area (Å²) in [6.45, 7) is 0. The summed E-state index contributed by atoms with van der Waals surface area (Å²) in [6.07, 6.45) is 4.42. The van der Waals surface area contributed by atoms with Crippen molar-refractivity contribution in [3.05, 3.63) is 81.7 Å². The molecule has 0 saturated carbocycles. The summed E-state index contributed by atoms with van der Waals surface area (Å²) in [5.74, 6) is -0.208. The first-order chi connectivity index (χ1) is 13.1. The minimum Gasteiger partial charge on any atom is -0.344 e. The highest BCUT2D eigenvalue weighted by atomic mass is 35.5. The van der Waals surface area contributed by atoms with Crippen LogP contribution < -0.4 is 5.32 Å². The van der Waals surface area contributed by atoms with Crippen molar-refractivity contribution in [3.8, 4) is 11.3 Å². The molecule has 1 aromatic heterocycles. The maximum absolute atomic E-state index is 12.8. The molecule has 1 N–H and O–H groups in total. The predicted octanol–water partition coefficient (Wildman–Crippen LogP) is 5.26. The average molecular weight is 398 g/mol. The van der Waals surface area contributed by atoms with E-state index in [9.17, 15) is 4.79 Å². The van der Waals surface area contributed by atoms with Gasteiger partial charge in [-0.25, -0.2) is 9.97 Å². The average Bonchev–Trinajstić information content (AvgIpc) is 2.70. The Bertz CT molecular complexity index is 1010. The molecule has 0 spiro atoms. The fourth-order valence-electron chi connectivity index (χ4n) is 3.43. The quantitative estimate of drug-likeness (QED) is 0.655. The second-order valence-electron chi connectivity index (χ2n) is 6.53. The summed E-state index contributed by atoms with van der Waals surface area (Å²) in [7, 11) is 0. The van der Waals surface area contributed by atoms with E-state index in [1.54, 1.807) is 18.2 Å². The smallest absolute Gasteiger partial charge is 0.270 e. The van der Waals surface area contributed by atoms with Gasteiger partial charge in [0.2, 0.25) is 0 Å². The Morgan fingerprint density at radius 3 is 2.74 bits per heavy atom. The number of benzene rings is 2. The molecular weight excluding hydrogens is 381 g/mol. The summed E-state index contributed by atoms with van der Waals surface area (Å²) in [5.41, 5.74) is 4.22. The van der Waals surface area contributed by atoms with E-state index in [0.29, 0.717) is 21.4 Å². The van der Waals surface area contributed by atoms with Gasteiger partial charge in [-0.05, 0) is 48.6 Å². The van der Waals surface area contributed by atoms with Crippen molar-refractivity contribution in [1.82, 2.24) is 15.3 Å². The second-order valence-corrected chi connectivity index (χ2v) is 7.35. The molecule has 0 radical (unpaired) electrons. The lowest BCUT2D eigenvalue weighted by Gasteiger charge is -2.26. The lowest BCUT2D eigenvalue weighted by Crippen LogP contribution is -2.31. The third-order valence-corrected chi connectivity index (χ3v) is 5.53. The summed E-state index contributed by atoms with van der Waals surface area (Å²) in [5, 5.41) is 4.03. The molecular formula is C21H17Cl2N3O. The van der Waals surface area contributed by atoms with Crippen LogP contribution in [0.5, 0.6) is 0 Å². The molecule has 1 aliphatic carbocycles. The largest absolute Gasteiger partial charge is 0.344 e. The molecule has 6 heteroatoms. The Kier molecular flexibility index (Phi) is 5.10. The van der Waals surface area contributed by atoms with E-state index < -0.39 is 0 Å². The zero-order valence-electron chi connectivity index (χ0n) is 14.5. The van der Waals surface area contributed by atoms with Crippen LogP contribution in [0.1, 0.15) is 40.5 Å². The lowest BCUT2D eigenvalue weighted by atomic mass is 9.87. The number of fused-ring (bicyclic) bond motifs is 1. The minimum absolute atomic E-state index is 0.00541. The normalized spacial score (nSPS) is 15.9. The van der Waals surface area contributed by atoms with Gasteiger partial charge in [0.05, 0.1) is 21.8 Å². The van der Waals surface area contributed by atoms with Crippen LogP contribution in [-0.4, -0.2) is 15.9 Å². The highest BCUT2D eigenvalue weighted by Crippen LogP contribution is 2.30. The summed E-state index contributed by atoms with van der Waals surface area (Å²) < 4.78 is 0. The Morgan fingerprint density at radius 2 is 1.89 bits per heavy atom. The Hall–Kier alpha value is -2.43. The number of rotatable bonds is 3. The van der Waals surface area contributed by atoms with E-state index in [1.807, 2.05) is 18.2 Å². The molecule has 1 unspecified atom stereocenters. The summed E-state index contributed by atoms with van der Waals surface area (Å²) in [4.78, 5) is 21.2. The maximum Gasteiger partial charge on any atom is 0.270 e. The topological polar surface area (TPSA) is 54.9 Å². The molecule has 0 aliphatic heterocycles. The van der Waals surface area contributed by atoms with E-state index in [0.717, 1.165) is 24.8 Å². The van der Waals surface area contributed by atoms with Gasteiger partial charge in [-0.3, -0.25) is 4.79 Å². The van der Waals surface area contributed by atoms with Crippen LogP contribution in [-0.2, 0) is 6.42 Å². The number of hydrogen-bond donors (Lipinski definition) is 1. The molecule has 1 heterocycles. The van der Waals surface area contributed by atoms with E-state index in [4.69, 9.17) is 23.2 Å². The number of nitrogens with one attached hydrogen (secondary N) is 1. The number of halogens is 2. The van der Waals surface area contributed by atoms with Crippen LogP contribution in [0.2, 0.25) is 10.0 Å². The molecule has 4 rings (SSSR count). The molecule has 2 aromatic carbocycles. The highest BCUT2D eigenvalue weighted by Gasteiger charge is 2.22. The monoisotopic (exact) mass is 397 g/mol. The fraction of sp³-hybridized carbons (Fsp3) is 0.190. The first-order valence-electron chi connectivity index (χ1n) is 8.78.